The number of hydrogen-bond donors (Lipinski definition) is 1. The molecule has 4 nitrogen and oxygen atoms in total. The summed E-state index contributed by atoms with van der Waals surface area (Å²) in [5, 5.41) is 0. The van der Waals surface area contributed by atoms with Gasteiger partial charge in [-0.1, -0.05) is 54.6 Å². The van der Waals surface area contributed by atoms with Gasteiger partial charge in [-0.2, -0.15) is 0 Å². The number of nitrogens with two attached hydrogens (primary N) is 1. The Bertz CT molecular complexity index is 901. The third-order valence-electron chi connectivity index (χ3n) is 5.08. The predicted octanol–water partition coefficient (Wildman–Crippen LogP) is 2.95. The van der Waals surface area contributed by atoms with E-state index >= 15 is 0 Å². The highest BCUT2D eigenvalue weighted by Gasteiger charge is 2.29. The van der Waals surface area contributed by atoms with E-state index in [2.05, 4.69) is 70.4 Å². The van der Waals surface area contributed by atoms with E-state index < -0.39 is 0 Å². The highest BCUT2D eigenvalue weighted by molar-refractivity contribution is 5.80. The lowest BCUT2D eigenvalue weighted by Crippen LogP contribution is -2.48. The van der Waals surface area contributed by atoms with Crippen molar-refractivity contribution in [2.45, 2.75) is 32.1 Å². The summed E-state index contributed by atoms with van der Waals surface area (Å²) in [6, 6.07) is 20.6. The van der Waals surface area contributed by atoms with Gasteiger partial charge >= 0.3 is 0 Å². The molecule has 2 aromatic carbocycles. The zero-order chi connectivity index (χ0) is 17.9. The molecule has 4 rings (SSSR count). The smallest absolute Gasteiger partial charge is 0.235 e. The standard InChI is InChI=1S/C22H23N3O/c23-22(26)21-12-19-8-4-5-9-20(19)16-25(21)15-18-10-11-24(14-18)13-17-6-2-1-3-7-17/h1-11,14,21H,12-13,15-16H2,(H2,23,26). The Morgan fingerprint density at radius 2 is 1.65 bits per heavy atom. The molecule has 1 atom stereocenters. The zero-order valence-electron chi connectivity index (χ0n) is 14.7. The van der Waals surface area contributed by atoms with Crippen molar-refractivity contribution in [3.63, 3.8) is 0 Å². The van der Waals surface area contributed by atoms with Crippen LogP contribution in [0.2, 0.25) is 0 Å². The molecule has 0 fully saturated rings. The fourth-order valence-electron chi connectivity index (χ4n) is 3.74. The first kappa shape index (κ1) is 16.6. The molecule has 1 amide bonds. The number of carbonyl (C=O) groups is 1. The fraction of sp³-hybridized carbons (Fsp3) is 0.227. The molecule has 132 valence electrons. The summed E-state index contributed by atoms with van der Waals surface area (Å²) < 4.78 is 2.18. The van der Waals surface area contributed by atoms with Crippen LogP contribution in [-0.2, 0) is 30.8 Å². The van der Waals surface area contributed by atoms with E-state index in [4.69, 9.17) is 5.73 Å². The third-order valence-corrected chi connectivity index (χ3v) is 5.08. The van der Waals surface area contributed by atoms with E-state index in [1.165, 1.54) is 22.3 Å². The van der Waals surface area contributed by atoms with Crippen LogP contribution in [0.15, 0.2) is 73.1 Å². The second-order valence-electron chi connectivity index (χ2n) is 6.97. The van der Waals surface area contributed by atoms with Crippen LogP contribution < -0.4 is 5.73 Å². The van der Waals surface area contributed by atoms with Gasteiger partial charge in [0.2, 0.25) is 5.91 Å². The number of hydrogen-bond acceptors (Lipinski definition) is 2. The van der Waals surface area contributed by atoms with E-state index in [9.17, 15) is 4.79 Å². The fourth-order valence-corrected chi connectivity index (χ4v) is 3.74. The number of amides is 1. The van der Waals surface area contributed by atoms with E-state index in [0.29, 0.717) is 6.42 Å². The van der Waals surface area contributed by atoms with Gasteiger partial charge in [0.25, 0.3) is 0 Å². The van der Waals surface area contributed by atoms with Crippen LogP contribution >= 0.6 is 0 Å². The van der Waals surface area contributed by atoms with Crippen molar-refractivity contribution in [2.24, 2.45) is 5.73 Å². The lowest BCUT2D eigenvalue weighted by Gasteiger charge is -2.34. The third kappa shape index (κ3) is 3.55. The first-order valence-corrected chi connectivity index (χ1v) is 8.98. The Morgan fingerprint density at radius 1 is 0.923 bits per heavy atom. The molecule has 1 aromatic heterocycles. The monoisotopic (exact) mass is 345 g/mol. The Hall–Kier alpha value is -2.85. The molecule has 0 saturated heterocycles. The second kappa shape index (κ2) is 7.18. The van der Waals surface area contributed by atoms with Gasteiger partial charge < -0.3 is 10.3 Å². The molecule has 2 N–H and O–H groups in total. The molecule has 0 aliphatic carbocycles. The summed E-state index contributed by atoms with van der Waals surface area (Å²) >= 11 is 0. The molecule has 0 bridgehead atoms. The van der Waals surface area contributed by atoms with Gasteiger partial charge in [-0.3, -0.25) is 9.69 Å². The highest BCUT2D eigenvalue weighted by atomic mass is 16.1. The van der Waals surface area contributed by atoms with Crippen LogP contribution in [0.3, 0.4) is 0 Å². The zero-order valence-corrected chi connectivity index (χ0v) is 14.7. The maximum Gasteiger partial charge on any atom is 0.235 e. The predicted molar refractivity (Wildman–Crippen MR) is 102 cm³/mol. The first-order valence-electron chi connectivity index (χ1n) is 8.98. The van der Waals surface area contributed by atoms with Crippen molar-refractivity contribution >= 4 is 5.91 Å². The van der Waals surface area contributed by atoms with Crippen LogP contribution in [0, 0.1) is 0 Å². The van der Waals surface area contributed by atoms with Gasteiger partial charge in [0.05, 0.1) is 6.04 Å². The summed E-state index contributed by atoms with van der Waals surface area (Å²) in [6.07, 6.45) is 4.95. The molecule has 26 heavy (non-hydrogen) atoms. The van der Waals surface area contributed by atoms with Crippen molar-refractivity contribution in [1.82, 2.24) is 9.47 Å². The van der Waals surface area contributed by atoms with Gasteiger partial charge in [-0.15, -0.1) is 0 Å². The van der Waals surface area contributed by atoms with Crippen molar-refractivity contribution < 1.29 is 4.79 Å². The lowest BCUT2D eigenvalue weighted by atomic mass is 9.93. The number of nitrogens with zero attached hydrogens (tertiary/aromatic N) is 2. The topological polar surface area (TPSA) is 51.3 Å². The Labute approximate surface area is 153 Å². The molecular formula is C22H23N3O. The molecule has 1 aliphatic heterocycles. The van der Waals surface area contributed by atoms with Crippen molar-refractivity contribution in [2.75, 3.05) is 0 Å². The summed E-state index contributed by atoms with van der Waals surface area (Å²) in [7, 11) is 0. The molecule has 1 unspecified atom stereocenters. The van der Waals surface area contributed by atoms with Gasteiger partial charge in [-0.25, -0.2) is 0 Å². The average Bonchev–Trinajstić information content (AvgIpc) is 3.08. The molecule has 0 radical (unpaired) electrons. The van der Waals surface area contributed by atoms with Crippen LogP contribution in [0.4, 0.5) is 0 Å². The van der Waals surface area contributed by atoms with Crippen LogP contribution in [-0.4, -0.2) is 21.4 Å². The summed E-state index contributed by atoms with van der Waals surface area (Å²) in [5.74, 6) is -0.247. The van der Waals surface area contributed by atoms with Crippen molar-refractivity contribution in [3.8, 4) is 0 Å². The number of fused-ring (bicyclic) bond motifs is 1. The number of aromatic nitrogens is 1. The van der Waals surface area contributed by atoms with Gasteiger partial charge in [0, 0.05) is 32.0 Å². The van der Waals surface area contributed by atoms with E-state index in [-0.39, 0.29) is 11.9 Å². The summed E-state index contributed by atoms with van der Waals surface area (Å²) in [6.45, 7) is 2.33. The molecule has 4 heteroatoms. The van der Waals surface area contributed by atoms with Crippen LogP contribution in [0.5, 0.6) is 0 Å². The van der Waals surface area contributed by atoms with Crippen LogP contribution in [0.25, 0.3) is 0 Å². The van der Waals surface area contributed by atoms with Crippen molar-refractivity contribution in [1.29, 1.82) is 0 Å². The van der Waals surface area contributed by atoms with E-state index in [1.54, 1.807) is 0 Å². The Kier molecular flexibility index (Phi) is 4.59. The molecule has 2 heterocycles. The maximum atomic E-state index is 12.0. The molecular weight excluding hydrogens is 322 g/mol. The minimum Gasteiger partial charge on any atom is -0.368 e. The summed E-state index contributed by atoms with van der Waals surface area (Å²) in [5.41, 5.74) is 10.7. The van der Waals surface area contributed by atoms with Crippen molar-refractivity contribution in [3.05, 3.63) is 95.3 Å². The molecule has 1 aliphatic rings. The number of primary amides is 1. The largest absolute Gasteiger partial charge is 0.368 e. The first-order chi connectivity index (χ1) is 12.7. The number of carbonyl (C=O) groups excluding carboxylic acids is 1. The van der Waals surface area contributed by atoms with Gasteiger partial charge in [-0.05, 0) is 34.7 Å². The number of benzene rings is 2. The SMILES string of the molecule is NC(=O)C1Cc2ccccc2CN1Cc1ccn(Cc2ccccc2)c1. The van der Waals surface area contributed by atoms with Gasteiger partial charge in [0.15, 0.2) is 0 Å². The highest BCUT2D eigenvalue weighted by Crippen LogP contribution is 2.25. The lowest BCUT2D eigenvalue weighted by molar-refractivity contribution is -0.124. The molecule has 0 spiro atoms. The van der Waals surface area contributed by atoms with E-state index in [0.717, 1.165) is 19.6 Å². The normalized spacial score (nSPS) is 17.0. The summed E-state index contributed by atoms with van der Waals surface area (Å²) in [4.78, 5) is 14.2. The minimum atomic E-state index is -0.248. The maximum absolute atomic E-state index is 12.0. The minimum absolute atomic E-state index is 0.247. The Balaban J connectivity index is 1.50. The van der Waals surface area contributed by atoms with E-state index in [1.807, 2.05) is 12.1 Å². The van der Waals surface area contributed by atoms with Crippen LogP contribution in [0.1, 0.15) is 22.3 Å². The quantitative estimate of drug-likeness (QED) is 0.773. The second-order valence-corrected chi connectivity index (χ2v) is 6.97. The molecule has 3 aromatic rings. The number of rotatable bonds is 5. The molecule has 0 saturated carbocycles. The average molecular weight is 345 g/mol. The van der Waals surface area contributed by atoms with Gasteiger partial charge in [0.1, 0.15) is 0 Å². The Morgan fingerprint density at radius 3 is 2.42 bits per heavy atom.